The van der Waals surface area contributed by atoms with Gasteiger partial charge in [-0.3, -0.25) is 5.10 Å². The van der Waals surface area contributed by atoms with Crippen LogP contribution in [0.2, 0.25) is 0 Å². The van der Waals surface area contributed by atoms with E-state index in [1.54, 1.807) is 0 Å². The van der Waals surface area contributed by atoms with E-state index in [4.69, 9.17) is 0 Å². The molecule has 0 saturated heterocycles. The van der Waals surface area contributed by atoms with Gasteiger partial charge in [-0.1, -0.05) is 6.92 Å². The lowest BCUT2D eigenvalue weighted by Crippen LogP contribution is -2.39. The molecule has 3 heteroatoms. The first-order chi connectivity index (χ1) is 5.84. The first-order valence-electron chi connectivity index (χ1n) is 4.55. The Balaban J connectivity index is 1.70. The Hall–Kier alpha value is -0.830. The van der Waals surface area contributed by atoms with Crippen molar-refractivity contribution in [3.63, 3.8) is 0 Å². The highest BCUT2D eigenvalue weighted by molar-refractivity contribution is 5.02. The smallest absolute Gasteiger partial charge is 0.0532 e. The predicted molar refractivity (Wildman–Crippen MR) is 47.6 cm³/mol. The fraction of sp³-hybridized carbons (Fsp3) is 0.667. The summed E-state index contributed by atoms with van der Waals surface area (Å²) in [6.07, 6.45) is 6.47. The zero-order valence-electron chi connectivity index (χ0n) is 7.38. The lowest BCUT2D eigenvalue weighted by molar-refractivity contribution is 0.240. The summed E-state index contributed by atoms with van der Waals surface area (Å²) in [4.78, 5) is 0. The van der Waals surface area contributed by atoms with Crippen LogP contribution in [-0.2, 0) is 6.54 Å². The normalized spacial score (nSPS) is 28.4. The molecular weight excluding hydrogens is 150 g/mol. The number of nitrogens with zero attached hydrogens (tertiary/aromatic N) is 1. The molecule has 1 aliphatic carbocycles. The van der Waals surface area contributed by atoms with Gasteiger partial charge in [-0.15, -0.1) is 0 Å². The molecule has 1 saturated carbocycles. The standard InChI is InChI=1S/C9H15N3/c1-7-2-9(3-7)10-4-8-5-11-12-6-8/h5-7,9-10H,2-4H2,1H3,(H,11,12). The average Bonchev–Trinajstić information content (AvgIpc) is 2.47. The van der Waals surface area contributed by atoms with Crippen LogP contribution in [0.5, 0.6) is 0 Å². The molecule has 1 aromatic rings. The molecule has 0 aliphatic heterocycles. The van der Waals surface area contributed by atoms with Crippen molar-refractivity contribution in [2.45, 2.75) is 32.4 Å². The molecule has 0 amide bonds. The lowest BCUT2D eigenvalue weighted by atomic mass is 9.82. The van der Waals surface area contributed by atoms with Gasteiger partial charge in [0.15, 0.2) is 0 Å². The van der Waals surface area contributed by atoms with Crippen molar-refractivity contribution >= 4 is 0 Å². The minimum absolute atomic E-state index is 0.745. The monoisotopic (exact) mass is 165 g/mol. The van der Waals surface area contributed by atoms with Crippen molar-refractivity contribution in [2.24, 2.45) is 5.92 Å². The summed E-state index contributed by atoms with van der Waals surface area (Å²) in [5.74, 6) is 0.923. The second-order valence-electron chi connectivity index (χ2n) is 3.76. The highest BCUT2D eigenvalue weighted by Crippen LogP contribution is 2.26. The zero-order chi connectivity index (χ0) is 8.39. The summed E-state index contributed by atoms with van der Waals surface area (Å²) in [6.45, 7) is 3.25. The van der Waals surface area contributed by atoms with Crippen LogP contribution >= 0.6 is 0 Å². The Labute approximate surface area is 72.6 Å². The van der Waals surface area contributed by atoms with E-state index in [1.807, 2.05) is 12.4 Å². The summed E-state index contributed by atoms with van der Waals surface area (Å²) in [5.41, 5.74) is 1.24. The van der Waals surface area contributed by atoms with E-state index in [0.717, 1.165) is 18.5 Å². The summed E-state index contributed by atoms with van der Waals surface area (Å²) >= 11 is 0. The molecule has 66 valence electrons. The lowest BCUT2D eigenvalue weighted by Gasteiger charge is -2.33. The molecule has 0 bridgehead atoms. The van der Waals surface area contributed by atoms with Gasteiger partial charge in [0.2, 0.25) is 0 Å². The molecule has 2 rings (SSSR count). The number of H-pyrrole nitrogens is 1. The van der Waals surface area contributed by atoms with E-state index >= 15 is 0 Å². The fourth-order valence-electron chi connectivity index (χ4n) is 1.71. The van der Waals surface area contributed by atoms with Crippen molar-refractivity contribution in [3.8, 4) is 0 Å². The van der Waals surface area contributed by atoms with Crippen LogP contribution < -0.4 is 5.32 Å². The SMILES string of the molecule is CC1CC(NCc2cn[nH]c2)C1. The molecule has 1 heterocycles. The number of nitrogens with one attached hydrogen (secondary N) is 2. The highest BCUT2D eigenvalue weighted by Gasteiger charge is 2.24. The molecule has 3 nitrogen and oxygen atoms in total. The van der Waals surface area contributed by atoms with Crippen molar-refractivity contribution in [1.29, 1.82) is 0 Å². The first-order valence-corrected chi connectivity index (χ1v) is 4.55. The molecule has 0 radical (unpaired) electrons. The van der Waals surface area contributed by atoms with E-state index in [1.165, 1.54) is 18.4 Å². The molecule has 0 unspecified atom stereocenters. The Morgan fingerprint density at radius 3 is 3.08 bits per heavy atom. The quantitative estimate of drug-likeness (QED) is 0.708. The van der Waals surface area contributed by atoms with E-state index in [9.17, 15) is 0 Å². The van der Waals surface area contributed by atoms with Crippen molar-refractivity contribution in [1.82, 2.24) is 15.5 Å². The van der Waals surface area contributed by atoms with Gasteiger partial charge >= 0.3 is 0 Å². The van der Waals surface area contributed by atoms with Crippen LogP contribution in [0.3, 0.4) is 0 Å². The molecule has 2 N–H and O–H groups in total. The third-order valence-electron chi connectivity index (χ3n) is 2.52. The number of hydrogen-bond acceptors (Lipinski definition) is 2. The van der Waals surface area contributed by atoms with Crippen LogP contribution in [-0.4, -0.2) is 16.2 Å². The molecule has 1 aromatic heterocycles. The minimum Gasteiger partial charge on any atom is -0.310 e. The van der Waals surface area contributed by atoms with Crippen LogP contribution in [0.15, 0.2) is 12.4 Å². The van der Waals surface area contributed by atoms with E-state index in [0.29, 0.717) is 0 Å². The van der Waals surface area contributed by atoms with E-state index in [2.05, 4.69) is 22.4 Å². The summed E-state index contributed by atoms with van der Waals surface area (Å²) in [6, 6.07) is 0.745. The molecule has 1 aliphatic rings. The minimum atomic E-state index is 0.745. The van der Waals surface area contributed by atoms with Crippen molar-refractivity contribution in [2.75, 3.05) is 0 Å². The first kappa shape index (κ1) is 7.80. The van der Waals surface area contributed by atoms with Crippen molar-refractivity contribution < 1.29 is 0 Å². The molecule has 1 fully saturated rings. The molecule has 0 spiro atoms. The molecule has 0 atom stereocenters. The number of hydrogen-bond donors (Lipinski definition) is 2. The summed E-state index contributed by atoms with van der Waals surface area (Å²) < 4.78 is 0. The van der Waals surface area contributed by atoms with Gasteiger partial charge in [-0.2, -0.15) is 5.10 Å². The largest absolute Gasteiger partial charge is 0.310 e. The number of rotatable bonds is 3. The number of aromatic amines is 1. The molecular formula is C9H15N3. The third-order valence-corrected chi connectivity index (χ3v) is 2.52. The second-order valence-corrected chi connectivity index (χ2v) is 3.76. The van der Waals surface area contributed by atoms with Gasteiger partial charge in [-0.05, 0) is 18.8 Å². The van der Waals surface area contributed by atoms with Gasteiger partial charge < -0.3 is 5.32 Å². The van der Waals surface area contributed by atoms with Crippen LogP contribution in [0.4, 0.5) is 0 Å². The van der Waals surface area contributed by atoms with Gasteiger partial charge in [0.1, 0.15) is 0 Å². The topological polar surface area (TPSA) is 40.7 Å². The highest BCUT2D eigenvalue weighted by atomic mass is 15.1. The predicted octanol–water partition coefficient (Wildman–Crippen LogP) is 1.30. The Kier molecular flexibility index (Phi) is 2.13. The zero-order valence-corrected chi connectivity index (χ0v) is 7.38. The summed E-state index contributed by atoms with van der Waals surface area (Å²) in [5, 5.41) is 10.2. The maximum Gasteiger partial charge on any atom is 0.0532 e. The molecule has 12 heavy (non-hydrogen) atoms. The molecule has 0 aromatic carbocycles. The van der Waals surface area contributed by atoms with Gasteiger partial charge in [0, 0.05) is 24.3 Å². The Morgan fingerprint density at radius 2 is 2.50 bits per heavy atom. The maximum atomic E-state index is 3.89. The van der Waals surface area contributed by atoms with Gasteiger partial charge in [-0.25, -0.2) is 0 Å². The van der Waals surface area contributed by atoms with E-state index < -0.39 is 0 Å². The average molecular weight is 165 g/mol. The van der Waals surface area contributed by atoms with Crippen LogP contribution in [0.25, 0.3) is 0 Å². The summed E-state index contributed by atoms with van der Waals surface area (Å²) in [7, 11) is 0. The van der Waals surface area contributed by atoms with Gasteiger partial charge in [0.25, 0.3) is 0 Å². The fourth-order valence-corrected chi connectivity index (χ4v) is 1.71. The number of aromatic nitrogens is 2. The Morgan fingerprint density at radius 1 is 1.67 bits per heavy atom. The maximum absolute atomic E-state index is 3.89. The van der Waals surface area contributed by atoms with E-state index in [-0.39, 0.29) is 0 Å². The van der Waals surface area contributed by atoms with Gasteiger partial charge in [0.05, 0.1) is 6.20 Å². The Bertz CT molecular complexity index is 224. The third kappa shape index (κ3) is 1.67. The second kappa shape index (κ2) is 3.27. The van der Waals surface area contributed by atoms with Crippen molar-refractivity contribution in [3.05, 3.63) is 18.0 Å². The van der Waals surface area contributed by atoms with Crippen LogP contribution in [0.1, 0.15) is 25.3 Å². The van der Waals surface area contributed by atoms with Crippen LogP contribution in [0, 0.1) is 5.92 Å².